The molecule has 0 spiro atoms. The molecule has 0 aliphatic carbocycles. The van der Waals surface area contributed by atoms with Gasteiger partial charge >= 0.3 is 0 Å². The Labute approximate surface area is 116 Å². The summed E-state index contributed by atoms with van der Waals surface area (Å²) in [5, 5.41) is 3.59. The number of ether oxygens (including phenoxy) is 1. The molecule has 1 aliphatic rings. The maximum Gasteiger partial charge on any atom is 0.119 e. The van der Waals surface area contributed by atoms with Gasteiger partial charge in [0, 0.05) is 24.3 Å². The number of hydrogen-bond donors (Lipinski definition) is 1. The van der Waals surface area contributed by atoms with Crippen LogP contribution in [-0.4, -0.2) is 31.3 Å². The standard InChI is InChI=1S/C16H26N2O/c1-13(2)19-15-8-6-14(7-9-15)18-11-5-10-17-16(3,4)12-18/h6-9,13,17H,5,10-12H2,1-4H3. The Morgan fingerprint density at radius 2 is 1.89 bits per heavy atom. The summed E-state index contributed by atoms with van der Waals surface area (Å²) in [4.78, 5) is 2.46. The van der Waals surface area contributed by atoms with Gasteiger partial charge in [-0.2, -0.15) is 0 Å². The molecule has 0 unspecified atom stereocenters. The van der Waals surface area contributed by atoms with Crippen LogP contribution < -0.4 is 15.0 Å². The smallest absolute Gasteiger partial charge is 0.119 e. The zero-order chi connectivity index (χ0) is 13.9. The summed E-state index contributed by atoms with van der Waals surface area (Å²) in [5.74, 6) is 0.950. The molecule has 0 bridgehead atoms. The van der Waals surface area contributed by atoms with Crippen molar-refractivity contribution < 1.29 is 4.74 Å². The van der Waals surface area contributed by atoms with Crippen LogP contribution in [0.4, 0.5) is 5.69 Å². The van der Waals surface area contributed by atoms with Crippen LogP contribution in [0.25, 0.3) is 0 Å². The van der Waals surface area contributed by atoms with Gasteiger partial charge in [0.2, 0.25) is 0 Å². The minimum atomic E-state index is 0.170. The van der Waals surface area contributed by atoms with Gasteiger partial charge in [0.05, 0.1) is 6.10 Å². The summed E-state index contributed by atoms with van der Waals surface area (Å²) in [5.41, 5.74) is 1.46. The molecule has 19 heavy (non-hydrogen) atoms. The highest BCUT2D eigenvalue weighted by Gasteiger charge is 2.24. The Kier molecular flexibility index (Phi) is 4.35. The van der Waals surface area contributed by atoms with Gasteiger partial charge < -0.3 is 15.0 Å². The molecule has 0 radical (unpaired) electrons. The van der Waals surface area contributed by atoms with Gasteiger partial charge in [0.1, 0.15) is 5.75 Å². The van der Waals surface area contributed by atoms with E-state index in [1.54, 1.807) is 0 Å². The molecule has 0 aromatic heterocycles. The summed E-state index contributed by atoms with van der Waals surface area (Å²) in [6, 6.07) is 8.47. The fourth-order valence-electron chi connectivity index (χ4n) is 2.54. The first-order valence-electron chi connectivity index (χ1n) is 7.23. The highest BCUT2D eigenvalue weighted by atomic mass is 16.5. The number of anilines is 1. The van der Waals surface area contributed by atoms with Crippen molar-refractivity contribution in [1.82, 2.24) is 5.32 Å². The van der Waals surface area contributed by atoms with Gasteiger partial charge in [0.25, 0.3) is 0 Å². The lowest BCUT2D eigenvalue weighted by atomic mass is 10.1. The molecule has 1 fully saturated rings. The molecule has 0 atom stereocenters. The van der Waals surface area contributed by atoms with Crippen LogP contribution in [-0.2, 0) is 0 Å². The molecule has 1 aromatic rings. The number of nitrogens with zero attached hydrogens (tertiary/aromatic N) is 1. The predicted molar refractivity (Wildman–Crippen MR) is 81.1 cm³/mol. The molecule has 1 heterocycles. The van der Waals surface area contributed by atoms with Crippen LogP contribution in [0.3, 0.4) is 0 Å². The van der Waals surface area contributed by atoms with Crippen molar-refractivity contribution in [3.63, 3.8) is 0 Å². The van der Waals surface area contributed by atoms with Gasteiger partial charge in [0.15, 0.2) is 0 Å². The molecule has 2 rings (SSSR count). The minimum Gasteiger partial charge on any atom is -0.491 e. The van der Waals surface area contributed by atoms with E-state index in [4.69, 9.17) is 4.74 Å². The van der Waals surface area contributed by atoms with Crippen molar-refractivity contribution in [3.05, 3.63) is 24.3 Å². The normalized spacial score (nSPS) is 19.3. The van der Waals surface area contributed by atoms with Gasteiger partial charge in [-0.1, -0.05) is 0 Å². The van der Waals surface area contributed by atoms with Crippen LogP contribution in [0, 0.1) is 0 Å². The molecule has 3 nitrogen and oxygen atoms in total. The van der Waals surface area contributed by atoms with Crippen LogP contribution in [0.5, 0.6) is 5.75 Å². The summed E-state index contributed by atoms with van der Waals surface area (Å²) in [6.07, 6.45) is 1.42. The van der Waals surface area contributed by atoms with E-state index in [0.29, 0.717) is 0 Å². The zero-order valence-corrected chi connectivity index (χ0v) is 12.6. The fraction of sp³-hybridized carbons (Fsp3) is 0.625. The third kappa shape index (κ3) is 4.13. The number of rotatable bonds is 3. The molecule has 3 heteroatoms. The average Bonchev–Trinajstić information content (AvgIpc) is 2.50. The number of hydrogen-bond acceptors (Lipinski definition) is 3. The molecule has 0 amide bonds. The quantitative estimate of drug-likeness (QED) is 0.906. The maximum atomic E-state index is 5.69. The molecule has 1 saturated heterocycles. The second kappa shape index (κ2) is 5.83. The van der Waals surface area contributed by atoms with E-state index in [9.17, 15) is 0 Å². The maximum absolute atomic E-state index is 5.69. The number of benzene rings is 1. The average molecular weight is 262 g/mol. The minimum absolute atomic E-state index is 0.170. The topological polar surface area (TPSA) is 24.5 Å². The molecule has 106 valence electrons. The van der Waals surface area contributed by atoms with Crippen LogP contribution in [0.15, 0.2) is 24.3 Å². The first kappa shape index (κ1) is 14.2. The Morgan fingerprint density at radius 3 is 2.53 bits per heavy atom. The highest BCUT2D eigenvalue weighted by molar-refractivity contribution is 5.49. The van der Waals surface area contributed by atoms with Crippen molar-refractivity contribution in [1.29, 1.82) is 0 Å². The molecule has 1 N–H and O–H groups in total. The van der Waals surface area contributed by atoms with Crippen molar-refractivity contribution >= 4 is 5.69 Å². The Bertz CT molecular complexity index is 398. The second-order valence-electron chi connectivity index (χ2n) is 6.25. The van der Waals surface area contributed by atoms with E-state index in [2.05, 4.69) is 62.2 Å². The summed E-state index contributed by atoms with van der Waals surface area (Å²) < 4.78 is 5.69. The van der Waals surface area contributed by atoms with Gasteiger partial charge in [-0.15, -0.1) is 0 Å². The summed E-state index contributed by atoms with van der Waals surface area (Å²) in [6.45, 7) is 11.9. The van der Waals surface area contributed by atoms with Gasteiger partial charge in [-0.05, 0) is 64.9 Å². The Hall–Kier alpha value is -1.22. The van der Waals surface area contributed by atoms with Crippen LogP contribution >= 0.6 is 0 Å². The van der Waals surface area contributed by atoms with E-state index in [0.717, 1.165) is 25.4 Å². The van der Waals surface area contributed by atoms with Crippen molar-refractivity contribution in [2.24, 2.45) is 0 Å². The Morgan fingerprint density at radius 1 is 1.21 bits per heavy atom. The van der Waals surface area contributed by atoms with Gasteiger partial charge in [-0.3, -0.25) is 0 Å². The number of nitrogens with one attached hydrogen (secondary N) is 1. The van der Waals surface area contributed by atoms with Crippen molar-refractivity contribution in [2.45, 2.75) is 45.8 Å². The van der Waals surface area contributed by atoms with Crippen LogP contribution in [0.2, 0.25) is 0 Å². The van der Waals surface area contributed by atoms with Crippen molar-refractivity contribution in [3.8, 4) is 5.75 Å². The van der Waals surface area contributed by atoms with Crippen LogP contribution in [0.1, 0.15) is 34.1 Å². The highest BCUT2D eigenvalue weighted by Crippen LogP contribution is 2.23. The van der Waals surface area contributed by atoms with E-state index in [-0.39, 0.29) is 11.6 Å². The first-order chi connectivity index (χ1) is 8.96. The van der Waals surface area contributed by atoms with E-state index < -0.39 is 0 Å². The van der Waals surface area contributed by atoms with Gasteiger partial charge in [-0.25, -0.2) is 0 Å². The Balaban J connectivity index is 2.08. The van der Waals surface area contributed by atoms with Crippen molar-refractivity contribution in [2.75, 3.05) is 24.5 Å². The molecular weight excluding hydrogens is 236 g/mol. The monoisotopic (exact) mass is 262 g/mol. The molecule has 0 saturated carbocycles. The molecular formula is C16H26N2O. The third-order valence-corrected chi connectivity index (χ3v) is 3.37. The second-order valence-corrected chi connectivity index (χ2v) is 6.25. The predicted octanol–water partition coefficient (Wildman–Crippen LogP) is 3.05. The largest absolute Gasteiger partial charge is 0.491 e. The molecule has 1 aliphatic heterocycles. The summed E-state index contributed by atoms with van der Waals surface area (Å²) in [7, 11) is 0. The molecule has 1 aromatic carbocycles. The van der Waals surface area contributed by atoms with E-state index in [1.165, 1.54) is 12.1 Å². The third-order valence-electron chi connectivity index (χ3n) is 3.37. The lowest BCUT2D eigenvalue weighted by Gasteiger charge is -2.31. The first-order valence-corrected chi connectivity index (χ1v) is 7.23. The fourth-order valence-corrected chi connectivity index (χ4v) is 2.54. The van der Waals surface area contributed by atoms with E-state index in [1.807, 2.05) is 0 Å². The lowest BCUT2D eigenvalue weighted by Crippen LogP contribution is -2.46. The summed E-state index contributed by atoms with van der Waals surface area (Å²) >= 11 is 0. The lowest BCUT2D eigenvalue weighted by molar-refractivity contribution is 0.242. The zero-order valence-electron chi connectivity index (χ0n) is 12.6. The van der Waals surface area contributed by atoms with E-state index >= 15 is 0 Å². The SMILES string of the molecule is CC(C)Oc1ccc(N2CCCNC(C)(C)C2)cc1.